The number of nitrogens with two attached hydrogens (primary N) is 1. The van der Waals surface area contributed by atoms with Crippen molar-refractivity contribution in [2.75, 3.05) is 62.5 Å². The van der Waals surface area contributed by atoms with Gasteiger partial charge in [-0.3, -0.25) is 38.9 Å². The molecule has 22 heteroatoms. The van der Waals surface area contributed by atoms with E-state index in [4.69, 9.17) is 20.3 Å². The molecule has 2 aromatic carbocycles. The van der Waals surface area contributed by atoms with Gasteiger partial charge in [0.2, 0.25) is 17.7 Å². The molecule has 7 amide bonds. The summed E-state index contributed by atoms with van der Waals surface area (Å²) in [6.07, 6.45) is 5.09. The molecule has 1 aliphatic carbocycles. The predicted octanol–water partition coefficient (Wildman–Crippen LogP) is 5.48. The third-order valence-electron chi connectivity index (χ3n) is 12.2. The van der Waals surface area contributed by atoms with Crippen molar-refractivity contribution in [2.24, 2.45) is 0 Å². The SMILES string of the molecule is COc1ccc(C(=O)NCCOCCC(=O)N2CC/C=C/c3cnc(N)c4c(-c5ccc(C(=O)Nc6cc(C(F)(F)F)ccn6)cc5)nn(c34)[C@@H]3CCC[C@H](C3)NC(=O)C2)cc1N1CCC(=O)NC1=O. The first-order valence-electron chi connectivity index (χ1n) is 22.7. The van der Waals surface area contributed by atoms with Crippen LogP contribution in [0.1, 0.15) is 82.8 Å². The second-order valence-electron chi connectivity index (χ2n) is 16.9. The molecule has 8 rings (SSSR count). The zero-order valence-electron chi connectivity index (χ0n) is 38.0. The number of methoxy groups -OCH3 is 1. The average molecular weight is 966 g/mol. The maximum Gasteiger partial charge on any atom is 0.416 e. The second kappa shape index (κ2) is 21.2. The Morgan fingerprint density at radius 3 is 2.51 bits per heavy atom. The number of urea groups is 1. The number of ether oxygens (including phenoxy) is 2. The summed E-state index contributed by atoms with van der Waals surface area (Å²) in [7, 11) is 1.44. The van der Waals surface area contributed by atoms with Crippen LogP contribution in [0, 0.1) is 0 Å². The van der Waals surface area contributed by atoms with E-state index >= 15 is 0 Å². The van der Waals surface area contributed by atoms with Crippen molar-refractivity contribution in [2.45, 2.75) is 63.2 Å². The average Bonchev–Trinajstić information content (AvgIpc) is 3.75. The van der Waals surface area contributed by atoms with Gasteiger partial charge in [0.15, 0.2) is 0 Å². The number of benzene rings is 2. The molecule has 0 radical (unpaired) electrons. The van der Waals surface area contributed by atoms with Gasteiger partial charge >= 0.3 is 12.2 Å². The number of nitrogen functional groups attached to an aromatic ring is 1. The number of anilines is 3. The van der Waals surface area contributed by atoms with Crippen LogP contribution in [0.4, 0.5) is 35.3 Å². The van der Waals surface area contributed by atoms with Crippen LogP contribution < -0.4 is 36.6 Å². The molecule has 2 fully saturated rings. The Kier molecular flexibility index (Phi) is 14.7. The lowest BCUT2D eigenvalue weighted by molar-refractivity contribution is -0.137. The highest BCUT2D eigenvalue weighted by molar-refractivity contribution is 6.08. The minimum Gasteiger partial charge on any atom is -0.495 e. The van der Waals surface area contributed by atoms with E-state index in [1.54, 1.807) is 30.5 Å². The van der Waals surface area contributed by atoms with Crippen molar-refractivity contribution in [1.82, 2.24) is 40.6 Å². The predicted molar refractivity (Wildman–Crippen MR) is 251 cm³/mol. The van der Waals surface area contributed by atoms with Gasteiger partial charge in [-0.1, -0.05) is 24.3 Å². The number of imide groups is 1. The molecule has 19 nitrogen and oxygen atoms in total. The van der Waals surface area contributed by atoms with Crippen molar-refractivity contribution in [1.29, 1.82) is 0 Å². The number of alkyl halides is 3. The smallest absolute Gasteiger partial charge is 0.416 e. The molecule has 2 aliphatic heterocycles. The van der Waals surface area contributed by atoms with Crippen LogP contribution in [-0.2, 0) is 25.3 Å². The number of hydrogen-bond acceptors (Lipinski definition) is 12. The topological polar surface area (TPSA) is 245 Å². The van der Waals surface area contributed by atoms with Crippen LogP contribution in [0.15, 0.2) is 73.1 Å². The largest absolute Gasteiger partial charge is 0.495 e. The molecule has 3 aliphatic rings. The van der Waals surface area contributed by atoms with Crippen LogP contribution in [0.3, 0.4) is 0 Å². The Morgan fingerprint density at radius 1 is 0.943 bits per heavy atom. The molecule has 0 spiro atoms. The van der Waals surface area contributed by atoms with Crippen LogP contribution in [-0.4, -0.2) is 113 Å². The van der Waals surface area contributed by atoms with E-state index in [9.17, 15) is 41.9 Å². The van der Waals surface area contributed by atoms with Crippen LogP contribution in [0.25, 0.3) is 28.2 Å². The normalized spacial score (nSPS) is 18.1. The number of amides is 7. The fourth-order valence-corrected chi connectivity index (χ4v) is 8.74. The summed E-state index contributed by atoms with van der Waals surface area (Å²) in [5.41, 5.74) is 8.99. The van der Waals surface area contributed by atoms with Gasteiger partial charge in [0.1, 0.15) is 23.1 Å². The summed E-state index contributed by atoms with van der Waals surface area (Å²) in [5.74, 6) is -1.72. The standard InChI is InChI=1S/C48H50F3N11O8/c1-69-36-13-12-30(23-35(36)61-20-15-38(63)58-47(61)68)45(66)54-18-22-70-21-16-40(65)60-19-3-2-5-31-26-55-44(52)41-42(59-62(43(31)41)34-7-4-6-33(25-34)56-39(64)27-60)28-8-10-29(11-9-28)46(67)57-37-24-32(14-17-53-37)48(49,50)51/h2,5,8-14,17,23-24,26,33-34H,3-4,6-7,15-16,18-22,25,27H2,1H3,(H2,52,55)(H,54,66)(H,56,64)(H,53,57,67)(H,58,63,68)/b5-2+/t33-,34-/m1/s1. The molecule has 5 aromatic rings. The second-order valence-corrected chi connectivity index (χ2v) is 16.9. The molecule has 5 heterocycles. The van der Waals surface area contributed by atoms with E-state index in [1.165, 1.54) is 35.1 Å². The lowest BCUT2D eigenvalue weighted by Gasteiger charge is -2.31. The van der Waals surface area contributed by atoms with Crippen LogP contribution >= 0.6 is 0 Å². The van der Waals surface area contributed by atoms with Gasteiger partial charge in [-0.15, -0.1) is 0 Å². The quantitative estimate of drug-likeness (QED) is 0.0976. The monoisotopic (exact) mass is 965 g/mol. The summed E-state index contributed by atoms with van der Waals surface area (Å²) >= 11 is 0. The van der Waals surface area contributed by atoms with Gasteiger partial charge in [0, 0.05) is 66.7 Å². The Bertz CT molecular complexity index is 2850. The van der Waals surface area contributed by atoms with Gasteiger partial charge in [-0.25, -0.2) is 14.8 Å². The number of aromatic nitrogens is 4. The Hall–Kier alpha value is -7.88. The summed E-state index contributed by atoms with van der Waals surface area (Å²) in [6, 6.07) is 11.6. The first-order chi connectivity index (χ1) is 33.7. The van der Waals surface area contributed by atoms with E-state index in [2.05, 4.69) is 31.2 Å². The molecule has 2 bridgehead atoms. The van der Waals surface area contributed by atoms with Crippen molar-refractivity contribution in [3.8, 4) is 17.0 Å². The van der Waals surface area contributed by atoms with Crippen molar-refractivity contribution < 1.29 is 51.4 Å². The number of pyridine rings is 2. The molecule has 2 atom stereocenters. The van der Waals surface area contributed by atoms with E-state index < -0.39 is 29.6 Å². The van der Waals surface area contributed by atoms with Crippen molar-refractivity contribution in [3.63, 3.8) is 0 Å². The maximum absolute atomic E-state index is 13.6. The van der Waals surface area contributed by atoms with Crippen LogP contribution in [0.2, 0.25) is 0 Å². The molecule has 1 saturated heterocycles. The van der Waals surface area contributed by atoms with Gasteiger partial charge in [-0.05, 0) is 74.6 Å². The molecule has 1 saturated carbocycles. The fourth-order valence-electron chi connectivity index (χ4n) is 8.74. The van der Waals surface area contributed by atoms with Crippen molar-refractivity contribution in [3.05, 3.63) is 95.3 Å². The number of fused-ring (bicyclic) bond motifs is 3. The van der Waals surface area contributed by atoms with Crippen molar-refractivity contribution >= 4 is 69.9 Å². The number of rotatable bonds is 12. The number of nitrogens with zero attached hydrogens (tertiary/aromatic N) is 6. The summed E-state index contributed by atoms with van der Waals surface area (Å²) < 4.78 is 52.8. The van der Waals surface area contributed by atoms with Crippen LogP contribution in [0.5, 0.6) is 5.75 Å². The third kappa shape index (κ3) is 11.2. The zero-order valence-corrected chi connectivity index (χ0v) is 38.0. The summed E-state index contributed by atoms with van der Waals surface area (Å²) in [4.78, 5) is 88.5. The van der Waals surface area contributed by atoms with Gasteiger partial charge < -0.3 is 36.1 Å². The first-order valence-corrected chi connectivity index (χ1v) is 22.7. The first kappa shape index (κ1) is 48.6. The summed E-state index contributed by atoms with van der Waals surface area (Å²) in [6.45, 7) is 0.462. The maximum atomic E-state index is 13.6. The number of carbonyl (C=O) groups is 6. The Balaban J connectivity index is 0.912. The van der Waals surface area contributed by atoms with Gasteiger partial charge in [-0.2, -0.15) is 18.3 Å². The molecule has 0 unspecified atom stereocenters. The lowest BCUT2D eigenvalue weighted by Crippen LogP contribution is -2.49. The van der Waals surface area contributed by atoms with Gasteiger partial charge in [0.05, 0.1) is 61.5 Å². The highest BCUT2D eigenvalue weighted by Gasteiger charge is 2.33. The number of nitrogens with one attached hydrogen (secondary N) is 4. The Morgan fingerprint density at radius 2 is 1.74 bits per heavy atom. The molecular formula is C48H50F3N11O8. The molecule has 70 heavy (non-hydrogen) atoms. The third-order valence-corrected chi connectivity index (χ3v) is 12.2. The fraction of sp³-hybridized carbons (Fsp3) is 0.354. The van der Waals surface area contributed by atoms with E-state index in [0.717, 1.165) is 48.7 Å². The highest BCUT2D eigenvalue weighted by Crippen LogP contribution is 2.39. The number of carbonyl (C=O) groups excluding carboxylic acids is 6. The van der Waals surface area contributed by atoms with E-state index in [-0.39, 0.29) is 105 Å². The molecular weight excluding hydrogens is 916 g/mol. The Labute approximate surface area is 398 Å². The highest BCUT2D eigenvalue weighted by atomic mass is 19.4. The number of halogens is 3. The van der Waals surface area contributed by atoms with Gasteiger partial charge in [0.25, 0.3) is 11.8 Å². The zero-order chi connectivity index (χ0) is 49.5. The summed E-state index contributed by atoms with van der Waals surface area (Å²) in [5, 5.41) is 16.2. The minimum absolute atomic E-state index is 0.0121. The van der Waals surface area contributed by atoms with E-state index in [1.807, 2.05) is 16.8 Å². The lowest BCUT2D eigenvalue weighted by atomic mass is 9.90. The number of hydrogen-bond donors (Lipinski definition) is 5. The molecule has 366 valence electrons. The molecule has 3 aromatic heterocycles. The molecule has 6 N–H and O–H groups in total. The minimum atomic E-state index is -4.60. The van der Waals surface area contributed by atoms with E-state index in [0.29, 0.717) is 40.9 Å².